The highest BCUT2D eigenvalue weighted by molar-refractivity contribution is 5.36. The molecule has 0 atom stereocenters. The Morgan fingerprint density at radius 2 is 2.06 bits per heavy atom. The normalized spacial score (nSPS) is 10.9. The zero-order valence-corrected chi connectivity index (χ0v) is 11.6. The van der Waals surface area contributed by atoms with Crippen molar-refractivity contribution in [3.05, 3.63) is 29.2 Å². The molecule has 2 rings (SSSR count). The van der Waals surface area contributed by atoms with Crippen LogP contribution in [0.2, 0.25) is 0 Å². The van der Waals surface area contributed by atoms with Crippen LogP contribution >= 0.6 is 0 Å². The van der Waals surface area contributed by atoms with E-state index in [-0.39, 0.29) is 0 Å². The summed E-state index contributed by atoms with van der Waals surface area (Å²) in [7, 11) is 1.95. The Bertz CT molecular complexity index is 504. The lowest BCUT2D eigenvalue weighted by molar-refractivity contribution is 0.598. The van der Waals surface area contributed by atoms with Crippen molar-refractivity contribution in [3.8, 4) is 0 Å². The highest BCUT2D eigenvalue weighted by Gasteiger charge is 2.06. The minimum atomic E-state index is 0.770. The fourth-order valence-electron chi connectivity index (χ4n) is 1.91. The van der Waals surface area contributed by atoms with E-state index in [0.717, 1.165) is 36.7 Å². The molecular formula is C13H21N5. The first-order valence-electron chi connectivity index (χ1n) is 6.37. The van der Waals surface area contributed by atoms with Crippen LogP contribution in [0.25, 0.3) is 0 Å². The maximum atomic E-state index is 4.49. The standard InChI is InChI=1S/C13H21N5/c1-5-6-18-9-12(11(3)15-18)8-14-13-7-10(2)17(4)16-13/h7,9H,5-6,8H2,1-4H3,(H,14,16). The molecule has 0 aliphatic rings. The van der Waals surface area contributed by atoms with Gasteiger partial charge in [-0.15, -0.1) is 0 Å². The summed E-state index contributed by atoms with van der Waals surface area (Å²) in [5.41, 5.74) is 3.46. The van der Waals surface area contributed by atoms with Gasteiger partial charge < -0.3 is 5.32 Å². The molecule has 0 fully saturated rings. The highest BCUT2D eigenvalue weighted by atomic mass is 15.3. The van der Waals surface area contributed by atoms with Crippen LogP contribution in [0.5, 0.6) is 0 Å². The third-order valence-corrected chi connectivity index (χ3v) is 3.07. The predicted octanol–water partition coefficient (Wildman–Crippen LogP) is 2.26. The number of nitrogens with zero attached hydrogens (tertiary/aromatic N) is 4. The number of aryl methyl sites for hydroxylation is 4. The number of aromatic nitrogens is 4. The lowest BCUT2D eigenvalue weighted by atomic mass is 10.2. The first-order chi connectivity index (χ1) is 8.60. The van der Waals surface area contributed by atoms with Gasteiger partial charge in [-0.1, -0.05) is 6.92 Å². The molecule has 18 heavy (non-hydrogen) atoms. The Labute approximate surface area is 108 Å². The van der Waals surface area contributed by atoms with Crippen molar-refractivity contribution in [1.29, 1.82) is 0 Å². The molecule has 0 bridgehead atoms. The topological polar surface area (TPSA) is 47.7 Å². The van der Waals surface area contributed by atoms with Gasteiger partial charge in [0.25, 0.3) is 0 Å². The summed E-state index contributed by atoms with van der Waals surface area (Å²) in [5, 5.41) is 12.2. The number of rotatable bonds is 5. The van der Waals surface area contributed by atoms with Crippen LogP contribution in [0.4, 0.5) is 5.82 Å². The number of hydrogen-bond donors (Lipinski definition) is 1. The van der Waals surface area contributed by atoms with Gasteiger partial charge in [-0.2, -0.15) is 10.2 Å². The second-order valence-corrected chi connectivity index (χ2v) is 4.65. The monoisotopic (exact) mass is 247 g/mol. The van der Waals surface area contributed by atoms with Crippen LogP contribution in [-0.2, 0) is 20.1 Å². The molecule has 2 heterocycles. The molecule has 1 N–H and O–H groups in total. The van der Waals surface area contributed by atoms with E-state index in [1.807, 2.05) is 36.3 Å². The van der Waals surface area contributed by atoms with Crippen molar-refractivity contribution in [2.75, 3.05) is 5.32 Å². The third-order valence-electron chi connectivity index (χ3n) is 3.07. The van der Waals surface area contributed by atoms with E-state index in [2.05, 4.69) is 28.6 Å². The van der Waals surface area contributed by atoms with E-state index in [4.69, 9.17) is 0 Å². The van der Waals surface area contributed by atoms with Crippen molar-refractivity contribution in [3.63, 3.8) is 0 Å². The van der Waals surface area contributed by atoms with Gasteiger partial charge in [0.05, 0.1) is 5.69 Å². The van der Waals surface area contributed by atoms with Crippen LogP contribution in [0.15, 0.2) is 12.3 Å². The third kappa shape index (κ3) is 2.72. The summed E-state index contributed by atoms with van der Waals surface area (Å²) in [6, 6.07) is 2.05. The first kappa shape index (κ1) is 12.7. The molecule has 0 saturated carbocycles. The molecule has 0 spiro atoms. The van der Waals surface area contributed by atoms with Crippen molar-refractivity contribution >= 4 is 5.82 Å². The zero-order chi connectivity index (χ0) is 13.1. The lowest BCUT2D eigenvalue weighted by Crippen LogP contribution is -2.01. The van der Waals surface area contributed by atoms with E-state index in [1.165, 1.54) is 5.56 Å². The molecule has 2 aromatic rings. The van der Waals surface area contributed by atoms with Gasteiger partial charge in [-0.25, -0.2) is 0 Å². The second kappa shape index (κ2) is 5.25. The van der Waals surface area contributed by atoms with Crippen LogP contribution in [-0.4, -0.2) is 19.6 Å². The molecule has 0 aromatic carbocycles. The smallest absolute Gasteiger partial charge is 0.148 e. The maximum Gasteiger partial charge on any atom is 0.148 e. The number of anilines is 1. The average molecular weight is 247 g/mol. The van der Waals surface area contributed by atoms with E-state index in [0.29, 0.717) is 0 Å². The highest BCUT2D eigenvalue weighted by Crippen LogP contribution is 2.11. The predicted molar refractivity (Wildman–Crippen MR) is 72.5 cm³/mol. The summed E-state index contributed by atoms with van der Waals surface area (Å²) in [6.45, 7) is 8.00. The molecule has 0 amide bonds. The summed E-state index contributed by atoms with van der Waals surface area (Å²) in [4.78, 5) is 0. The fraction of sp³-hybridized carbons (Fsp3) is 0.538. The summed E-state index contributed by atoms with van der Waals surface area (Å²) >= 11 is 0. The molecule has 0 aliphatic carbocycles. The van der Waals surface area contributed by atoms with Crippen LogP contribution in [0.1, 0.15) is 30.3 Å². The van der Waals surface area contributed by atoms with E-state index >= 15 is 0 Å². The molecule has 2 aromatic heterocycles. The SMILES string of the molecule is CCCn1cc(CNc2cc(C)n(C)n2)c(C)n1. The average Bonchev–Trinajstić information content (AvgIpc) is 2.81. The van der Waals surface area contributed by atoms with Gasteiger partial charge in [0, 0.05) is 43.7 Å². The summed E-state index contributed by atoms with van der Waals surface area (Å²) < 4.78 is 3.88. The van der Waals surface area contributed by atoms with Gasteiger partial charge in [0.2, 0.25) is 0 Å². The lowest BCUT2D eigenvalue weighted by Gasteiger charge is -2.00. The van der Waals surface area contributed by atoms with Crippen molar-refractivity contribution in [2.45, 2.75) is 40.3 Å². The minimum absolute atomic E-state index is 0.770. The van der Waals surface area contributed by atoms with E-state index < -0.39 is 0 Å². The van der Waals surface area contributed by atoms with E-state index in [1.54, 1.807) is 0 Å². The maximum absolute atomic E-state index is 4.49. The minimum Gasteiger partial charge on any atom is -0.364 e. The Hall–Kier alpha value is -1.78. The van der Waals surface area contributed by atoms with Gasteiger partial charge in [-0.3, -0.25) is 9.36 Å². The molecule has 0 saturated heterocycles. The Morgan fingerprint density at radius 3 is 2.67 bits per heavy atom. The zero-order valence-electron chi connectivity index (χ0n) is 11.6. The Morgan fingerprint density at radius 1 is 1.28 bits per heavy atom. The van der Waals surface area contributed by atoms with Crippen molar-refractivity contribution in [2.24, 2.45) is 7.05 Å². The molecule has 0 unspecified atom stereocenters. The molecule has 5 nitrogen and oxygen atoms in total. The van der Waals surface area contributed by atoms with E-state index in [9.17, 15) is 0 Å². The van der Waals surface area contributed by atoms with Crippen molar-refractivity contribution < 1.29 is 0 Å². The number of hydrogen-bond acceptors (Lipinski definition) is 3. The molecular weight excluding hydrogens is 226 g/mol. The summed E-state index contributed by atoms with van der Waals surface area (Å²) in [5.74, 6) is 0.914. The van der Waals surface area contributed by atoms with Crippen LogP contribution < -0.4 is 5.32 Å². The molecule has 98 valence electrons. The van der Waals surface area contributed by atoms with Crippen molar-refractivity contribution in [1.82, 2.24) is 19.6 Å². The summed E-state index contributed by atoms with van der Waals surface area (Å²) in [6.07, 6.45) is 3.22. The van der Waals surface area contributed by atoms with Gasteiger partial charge in [0.1, 0.15) is 5.82 Å². The quantitative estimate of drug-likeness (QED) is 0.881. The largest absolute Gasteiger partial charge is 0.364 e. The molecule has 0 radical (unpaired) electrons. The molecule has 0 aliphatic heterocycles. The Kier molecular flexibility index (Phi) is 3.69. The van der Waals surface area contributed by atoms with Crippen LogP contribution in [0, 0.1) is 13.8 Å². The van der Waals surface area contributed by atoms with Gasteiger partial charge >= 0.3 is 0 Å². The fourth-order valence-corrected chi connectivity index (χ4v) is 1.91. The second-order valence-electron chi connectivity index (χ2n) is 4.65. The molecule has 5 heteroatoms. The van der Waals surface area contributed by atoms with Crippen LogP contribution in [0.3, 0.4) is 0 Å². The van der Waals surface area contributed by atoms with Gasteiger partial charge in [-0.05, 0) is 20.3 Å². The number of nitrogens with one attached hydrogen (secondary N) is 1. The van der Waals surface area contributed by atoms with Gasteiger partial charge in [0.15, 0.2) is 0 Å². The first-order valence-corrected chi connectivity index (χ1v) is 6.37. The Balaban J connectivity index is 2.01.